The van der Waals surface area contributed by atoms with Gasteiger partial charge in [-0.3, -0.25) is 9.59 Å². The van der Waals surface area contributed by atoms with Gasteiger partial charge in [0.2, 0.25) is 0 Å². The van der Waals surface area contributed by atoms with Crippen molar-refractivity contribution in [2.24, 2.45) is 0 Å². The summed E-state index contributed by atoms with van der Waals surface area (Å²) in [7, 11) is 0. The number of aromatic nitrogens is 2. The summed E-state index contributed by atoms with van der Waals surface area (Å²) in [6.45, 7) is 1.72. The smallest absolute Gasteiger partial charge is 0.273 e. The van der Waals surface area contributed by atoms with E-state index in [1.807, 2.05) is 6.07 Å². The number of nitrogens with zero attached hydrogens (tertiary/aromatic N) is 2. The molecule has 0 radical (unpaired) electrons. The zero-order chi connectivity index (χ0) is 17.8. The first-order chi connectivity index (χ1) is 12.0. The molecule has 25 heavy (non-hydrogen) atoms. The van der Waals surface area contributed by atoms with Gasteiger partial charge in [0.15, 0.2) is 17.2 Å². The van der Waals surface area contributed by atoms with Crippen molar-refractivity contribution in [2.45, 2.75) is 13.3 Å². The van der Waals surface area contributed by atoms with Crippen molar-refractivity contribution in [3.05, 3.63) is 53.5 Å². The molecule has 0 aliphatic heterocycles. The van der Waals surface area contributed by atoms with E-state index in [0.717, 1.165) is 5.56 Å². The van der Waals surface area contributed by atoms with Gasteiger partial charge in [-0.25, -0.2) is 0 Å². The predicted octanol–water partition coefficient (Wildman–Crippen LogP) is 2.09. The number of Topliss-reactive ketones (excluding diaryl/α,β-unsaturated/α-hetero) is 1. The van der Waals surface area contributed by atoms with Crippen LogP contribution in [-0.4, -0.2) is 28.5 Å². The number of anilines is 1. The molecule has 0 saturated carbocycles. The minimum atomic E-state index is -0.370. The normalized spacial score (nSPS) is 10.6. The van der Waals surface area contributed by atoms with E-state index in [1.54, 1.807) is 30.3 Å². The molecule has 2 aromatic heterocycles. The lowest BCUT2D eigenvalue weighted by Crippen LogP contribution is -2.25. The number of ketones is 1. The second-order valence-corrected chi connectivity index (χ2v) is 5.44. The Balaban J connectivity index is 1.57. The minimum absolute atomic E-state index is 0.166. The number of nitrogen functional groups attached to an aromatic ring is 1. The van der Waals surface area contributed by atoms with Crippen molar-refractivity contribution >= 4 is 17.4 Å². The van der Waals surface area contributed by atoms with Crippen LogP contribution in [0.1, 0.15) is 33.7 Å². The van der Waals surface area contributed by atoms with E-state index in [9.17, 15) is 9.59 Å². The van der Waals surface area contributed by atoms with Crippen LogP contribution in [0.3, 0.4) is 0 Å². The molecule has 0 aliphatic carbocycles. The van der Waals surface area contributed by atoms with Crippen molar-refractivity contribution in [1.82, 2.24) is 15.6 Å². The molecule has 0 atom stereocenters. The maximum absolute atomic E-state index is 12.1. The van der Waals surface area contributed by atoms with Gasteiger partial charge < -0.3 is 20.1 Å². The van der Waals surface area contributed by atoms with Crippen LogP contribution in [-0.2, 0) is 6.42 Å². The van der Waals surface area contributed by atoms with E-state index in [-0.39, 0.29) is 23.1 Å². The number of hydrogen-bond donors (Lipinski definition) is 2. The summed E-state index contributed by atoms with van der Waals surface area (Å²) in [4.78, 5) is 23.2. The third-order valence-corrected chi connectivity index (χ3v) is 3.49. The molecule has 0 unspecified atom stereocenters. The van der Waals surface area contributed by atoms with E-state index in [1.165, 1.54) is 6.92 Å². The maximum atomic E-state index is 12.1. The zero-order valence-electron chi connectivity index (χ0n) is 13.5. The van der Waals surface area contributed by atoms with Crippen LogP contribution in [0.25, 0.3) is 11.3 Å². The topological polar surface area (TPSA) is 124 Å². The quantitative estimate of drug-likeness (QED) is 0.520. The van der Waals surface area contributed by atoms with Crippen molar-refractivity contribution < 1.29 is 18.6 Å². The number of carbonyl (C=O) groups excluding carboxylic acids is 2. The Morgan fingerprint density at radius 1 is 1.12 bits per heavy atom. The molecule has 3 rings (SSSR count). The fraction of sp³-hybridized carbons (Fsp3) is 0.176. The zero-order valence-corrected chi connectivity index (χ0v) is 13.5. The Kier molecular flexibility index (Phi) is 4.60. The number of rotatable bonds is 6. The average Bonchev–Trinajstić information content (AvgIpc) is 3.24. The molecule has 0 bridgehead atoms. The van der Waals surface area contributed by atoms with E-state index < -0.39 is 0 Å². The fourth-order valence-corrected chi connectivity index (χ4v) is 2.20. The van der Waals surface area contributed by atoms with Crippen LogP contribution in [0.4, 0.5) is 5.69 Å². The predicted molar refractivity (Wildman–Crippen MR) is 88.9 cm³/mol. The summed E-state index contributed by atoms with van der Waals surface area (Å²) in [5.41, 5.74) is 7.50. The van der Waals surface area contributed by atoms with E-state index in [0.29, 0.717) is 30.2 Å². The highest BCUT2D eigenvalue weighted by atomic mass is 16.5. The number of hydrogen-bond acceptors (Lipinski definition) is 7. The van der Waals surface area contributed by atoms with E-state index in [4.69, 9.17) is 14.8 Å². The van der Waals surface area contributed by atoms with Gasteiger partial charge in [-0.15, -0.1) is 0 Å². The number of benzene rings is 1. The van der Waals surface area contributed by atoms with Crippen LogP contribution < -0.4 is 11.1 Å². The summed E-state index contributed by atoms with van der Waals surface area (Å²) in [6, 6.07) is 10.2. The van der Waals surface area contributed by atoms with Gasteiger partial charge in [0.05, 0.1) is 0 Å². The fourth-order valence-electron chi connectivity index (χ4n) is 2.20. The molecular formula is C17H16N4O4. The van der Waals surface area contributed by atoms with Crippen molar-refractivity contribution in [1.29, 1.82) is 0 Å². The molecule has 128 valence electrons. The molecule has 0 aliphatic rings. The first kappa shape index (κ1) is 16.4. The van der Waals surface area contributed by atoms with Crippen molar-refractivity contribution in [2.75, 3.05) is 12.3 Å². The summed E-state index contributed by atoms with van der Waals surface area (Å²) in [5, 5.41) is 10.1. The molecule has 1 aromatic carbocycles. The third-order valence-electron chi connectivity index (χ3n) is 3.49. The van der Waals surface area contributed by atoms with E-state index >= 15 is 0 Å². The van der Waals surface area contributed by atoms with E-state index in [2.05, 4.69) is 15.6 Å². The lowest BCUT2D eigenvalue weighted by atomic mass is 10.1. The van der Waals surface area contributed by atoms with Gasteiger partial charge in [-0.2, -0.15) is 0 Å². The molecule has 8 heteroatoms. The largest absolute Gasteiger partial charge is 0.399 e. The Bertz CT molecular complexity index is 913. The molecule has 3 aromatic rings. The number of nitrogens with two attached hydrogens (primary N) is 1. The standard InChI is InChI=1S/C17H16N4O4/c1-10(22)14-8-13(24-20-14)5-6-19-17(23)15-9-16(25-21-15)11-3-2-4-12(18)7-11/h2-4,7-9H,5-6,18H2,1H3,(H,19,23). The van der Waals surface area contributed by atoms with Crippen molar-refractivity contribution in [3.8, 4) is 11.3 Å². The van der Waals surface area contributed by atoms with Gasteiger partial charge in [-0.1, -0.05) is 22.4 Å². The Hall–Kier alpha value is -3.42. The summed E-state index contributed by atoms with van der Waals surface area (Å²) in [6.07, 6.45) is 0.409. The van der Waals surface area contributed by atoms with Gasteiger partial charge >= 0.3 is 0 Å². The van der Waals surface area contributed by atoms with Crippen LogP contribution in [0.5, 0.6) is 0 Å². The molecule has 8 nitrogen and oxygen atoms in total. The summed E-state index contributed by atoms with van der Waals surface area (Å²) in [5.74, 6) is 0.436. The van der Waals surface area contributed by atoms with Crippen LogP contribution >= 0.6 is 0 Å². The van der Waals surface area contributed by atoms with Gasteiger partial charge in [0.1, 0.15) is 11.5 Å². The number of amides is 1. The monoisotopic (exact) mass is 340 g/mol. The number of carbonyl (C=O) groups is 2. The van der Waals surface area contributed by atoms with Gasteiger partial charge in [0, 0.05) is 43.3 Å². The summed E-state index contributed by atoms with van der Waals surface area (Å²) < 4.78 is 10.2. The molecule has 3 N–H and O–H groups in total. The second kappa shape index (κ2) is 7.00. The lowest BCUT2D eigenvalue weighted by molar-refractivity contribution is 0.0943. The SMILES string of the molecule is CC(=O)c1cc(CCNC(=O)c2cc(-c3cccc(N)c3)on2)on1. The lowest BCUT2D eigenvalue weighted by Gasteiger charge is -1.99. The minimum Gasteiger partial charge on any atom is -0.399 e. The summed E-state index contributed by atoms with van der Waals surface area (Å²) >= 11 is 0. The molecule has 0 saturated heterocycles. The Morgan fingerprint density at radius 2 is 1.92 bits per heavy atom. The van der Waals surface area contributed by atoms with Crippen LogP contribution in [0.2, 0.25) is 0 Å². The first-order valence-electron chi connectivity index (χ1n) is 7.60. The molecule has 2 heterocycles. The number of nitrogens with one attached hydrogen (secondary N) is 1. The Morgan fingerprint density at radius 3 is 2.64 bits per heavy atom. The van der Waals surface area contributed by atoms with Gasteiger partial charge in [0.25, 0.3) is 5.91 Å². The molecular weight excluding hydrogens is 324 g/mol. The van der Waals surface area contributed by atoms with Crippen LogP contribution in [0.15, 0.2) is 45.4 Å². The third kappa shape index (κ3) is 3.92. The molecule has 0 spiro atoms. The highest BCUT2D eigenvalue weighted by molar-refractivity contribution is 5.93. The highest BCUT2D eigenvalue weighted by Gasteiger charge is 2.14. The van der Waals surface area contributed by atoms with Gasteiger partial charge in [-0.05, 0) is 12.1 Å². The van der Waals surface area contributed by atoms with Crippen molar-refractivity contribution in [3.63, 3.8) is 0 Å². The first-order valence-corrected chi connectivity index (χ1v) is 7.60. The molecule has 0 fully saturated rings. The second-order valence-electron chi connectivity index (χ2n) is 5.44. The van der Waals surface area contributed by atoms with Crippen LogP contribution in [0, 0.1) is 0 Å². The Labute approximate surface area is 143 Å². The molecule has 1 amide bonds. The average molecular weight is 340 g/mol. The highest BCUT2D eigenvalue weighted by Crippen LogP contribution is 2.22. The maximum Gasteiger partial charge on any atom is 0.273 e.